The molecular formula is C20H28N2O4. The molecule has 0 saturated heterocycles. The SMILES string of the molecule is CCCCN(CC)C(=O)c1ccc(OCc2c(C)noc2C)c(OC)c1. The number of methoxy groups -OCH3 is 1. The molecule has 0 aliphatic carbocycles. The number of carbonyl (C=O) groups excluding carboxylic acids is 1. The Balaban J connectivity index is 2.14. The number of nitrogens with zero attached hydrogens (tertiary/aromatic N) is 2. The highest BCUT2D eigenvalue weighted by atomic mass is 16.5. The molecule has 1 amide bonds. The first-order valence-electron chi connectivity index (χ1n) is 9.03. The van der Waals surface area contributed by atoms with Crippen LogP contribution in [0.25, 0.3) is 0 Å². The van der Waals surface area contributed by atoms with Crippen molar-refractivity contribution < 1.29 is 18.8 Å². The van der Waals surface area contributed by atoms with Gasteiger partial charge in [-0.25, -0.2) is 0 Å². The second kappa shape index (κ2) is 9.27. The predicted molar refractivity (Wildman–Crippen MR) is 99.8 cm³/mol. The third-order valence-corrected chi connectivity index (χ3v) is 4.41. The van der Waals surface area contributed by atoms with Crippen LogP contribution in [0, 0.1) is 13.8 Å². The number of ether oxygens (including phenoxy) is 2. The van der Waals surface area contributed by atoms with Crippen molar-refractivity contribution in [1.29, 1.82) is 0 Å². The molecule has 1 aromatic heterocycles. The summed E-state index contributed by atoms with van der Waals surface area (Å²) in [5.41, 5.74) is 2.33. The van der Waals surface area contributed by atoms with Gasteiger partial charge in [0.1, 0.15) is 12.4 Å². The molecule has 1 aromatic carbocycles. The van der Waals surface area contributed by atoms with E-state index in [-0.39, 0.29) is 5.91 Å². The quantitative estimate of drug-likeness (QED) is 0.672. The topological polar surface area (TPSA) is 64.8 Å². The van der Waals surface area contributed by atoms with Crippen molar-refractivity contribution >= 4 is 5.91 Å². The zero-order valence-corrected chi connectivity index (χ0v) is 16.3. The van der Waals surface area contributed by atoms with Crippen LogP contribution in [0.2, 0.25) is 0 Å². The Hall–Kier alpha value is -2.50. The van der Waals surface area contributed by atoms with E-state index in [0.29, 0.717) is 30.2 Å². The predicted octanol–water partition coefficient (Wildman–Crippen LogP) is 4.14. The zero-order valence-electron chi connectivity index (χ0n) is 16.3. The molecule has 0 aliphatic rings. The molecule has 0 N–H and O–H groups in total. The largest absolute Gasteiger partial charge is 0.493 e. The molecular weight excluding hydrogens is 332 g/mol. The molecule has 6 heteroatoms. The van der Waals surface area contributed by atoms with Crippen LogP contribution in [-0.4, -0.2) is 36.2 Å². The monoisotopic (exact) mass is 360 g/mol. The Morgan fingerprint density at radius 1 is 1.23 bits per heavy atom. The van der Waals surface area contributed by atoms with E-state index >= 15 is 0 Å². The number of hydrogen-bond acceptors (Lipinski definition) is 5. The van der Waals surface area contributed by atoms with Gasteiger partial charge in [-0.1, -0.05) is 18.5 Å². The number of amides is 1. The van der Waals surface area contributed by atoms with Gasteiger partial charge in [0.2, 0.25) is 0 Å². The Kier molecular flexibility index (Phi) is 7.06. The number of aryl methyl sites for hydroxylation is 2. The van der Waals surface area contributed by atoms with E-state index in [1.54, 1.807) is 25.3 Å². The van der Waals surface area contributed by atoms with Gasteiger partial charge in [0.15, 0.2) is 11.5 Å². The summed E-state index contributed by atoms with van der Waals surface area (Å²) in [5.74, 6) is 1.87. The van der Waals surface area contributed by atoms with Crippen molar-refractivity contribution in [1.82, 2.24) is 10.1 Å². The lowest BCUT2D eigenvalue weighted by atomic mass is 10.1. The zero-order chi connectivity index (χ0) is 19.1. The van der Waals surface area contributed by atoms with Crippen LogP contribution in [0.5, 0.6) is 11.5 Å². The lowest BCUT2D eigenvalue weighted by molar-refractivity contribution is 0.0762. The molecule has 142 valence electrons. The summed E-state index contributed by atoms with van der Waals surface area (Å²) in [4.78, 5) is 14.6. The van der Waals surface area contributed by atoms with Gasteiger partial charge in [-0.3, -0.25) is 4.79 Å². The van der Waals surface area contributed by atoms with Gasteiger partial charge in [0.25, 0.3) is 5.91 Å². The summed E-state index contributed by atoms with van der Waals surface area (Å²) in [6.45, 7) is 9.63. The van der Waals surface area contributed by atoms with Crippen LogP contribution in [-0.2, 0) is 6.61 Å². The fraction of sp³-hybridized carbons (Fsp3) is 0.500. The van der Waals surface area contributed by atoms with Crippen molar-refractivity contribution in [3.8, 4) is 11.5 Å². The van der Waals surface area contributed by atoms with Crippen molar-refractivity contribution in [2.24, 2.45) is 0 Å². The maximum absolute atomic E-state index is 12.7. The number of unbranched alkanes of at least 4 members (excludes halogenated alkanes) is 1. The van der Waals surface area contributed by atoms with E-state index in [0.717, 1.165) is 36.4 Å². The average molecular weight is 360 g/mol. The molecule has 0 spiro atoms. The van der Waals surface area contributed by atoms with Crippen LogP contribution in [0.1, 0.15) is 54.1 Å². The molecule has 1 heterocycles. The Labute approximate surface area is 155 Å². The van der Waals surface area contributed by atoms with Crippen molar-refractivity contribution in [2.45, 2.75) is 47.1 Å². The summed E-state index contributed by atoms with van der Waals surface area (Å²) < 4.78 is 16.4. The van der Waals surface area contributed by atoms with E-state index in [4.69, 9.17) is 14.0 Å². The number of hydrogen-bond donors (Lipinski definition) is 0. The standard InChI is InChI=1S/C20H28N2O4/c1-6-8-11-22(7-2)20(23)16-9-10-18(19(12-16)24-5)25-13-17-14(3)21-26-15(17)4/h9-10,12H,6-8,11,13H2,1-5H3. The van der Waals surface area contributed by atoms with Crippen LogP contribution >= 0.6 is 0 Å². The van der Waals surface area contributed by atoms with Crippen molar-refractivity contribution in [2.75, 3.05) is 20.2 Å². The third-order valence-electron chi connectivity index (χ3n) is 4.41. The first-order valence-corrected chi connectivity index (χ1v) is 9.03. The molecule has 2 aromatic rings. The van der Waals surface area contributed by atoms with Crippen molar-refractivity contribution in [3.05, 3.63) is 40.8 Å². The molecule has 0 fully saturated rings. The summed E-state index contributed by atoms with van der Waals surface area (Å²) in [6.07, 6.45) is 2.05. The minimum atomic E-state index is 0.0107. The molecule has 0 atom stereocenters. The molecule has 0 radical (unpaired) electrons. The molecule has 0 saturated carbocycles. The average Bonchev–Trinajstić information content (AvgIpc) is 2.98. The highest BCUT2D eigenvalue weighted by molar-refractivity contribution is 5.94. The summed E-state index contributed by atoms with van der Waals surface area (Å²) >= 11 is 0. The van der Waals surface area contributed by atoms with Gasteiger partial charge < -0.3 is 18.9 Å². The van der Waals surface area contributed by atoms with E-state index in [2.05, 4.69) is 12.1 Å². The first-order chi connectivity index (χ1) is 12.5. The second-order valence-electron chi connectivity index (χ2n) is 6.20. The van der Waals surface area contributed by atoms with Crippen LogP contribution in [0.3, 0.4) is 0 Å². The van der Waals surface area contributed by atoms with Crippen LogP contribution < -0.4 is 9.47 Å². The minimum Gasteiger partial charge on any atom is -0.493 e. The van der Waals surface area contributed by atoms with E-state index < -0.39 is 0 Å². The van der Waals surface area contributed by atoms with E-state index in [1.165, 1.54) is 0 Å². The first kappa shape index (κ1) is 19.8. The van der Waals surface area contributed by atoms with Gasteiger partial charge >= 0.3 is 0 Å². The summed E-state index contributed by atoms with van der Waals surface area (Å²) in [5, 5.41) is 3.93. The number of aromatic nitrogens is 1. The van der Waals surface area contributed by atoms with Crippen LogP contribution in [0.4, 0.5) is 0 Å². The maximum atomic E-state index is 12.7. The Bertz CT molecular complexity index is 720. The lowest BCUT2D eigenvalue weighted by Crippen LogP contribution is -2.31. The molecule has 26 heavy (non-hydrogen) atoms. The van der Waals surface area contributed by atoms with Gasteiger partial charge in [-0.2, -0.15) is 0 Å². The second-order valence-corrected chi connectivity index (χ2v) is 6.20. The smallest absolute Gasteiger partial charge is 0.253 e. The summed E-state index contributed by atoms with van der Waals surface area (Å²) in [6, 6.07) is 5.29. The van der Waals surface area contributed by atoms with E-state index in [1.807, 2.05) is 25.7 Å². The lowest BCUT2D eigenvalue weighted by Gasteiger charge is -2.21. The number of benzene rings is 1. The minimum absolute atomic E-state index is 0.0107. The van der Waals surface area contributed by atoms with Gasteiger partial charge in [0, 0.05) is 18.7 Å². The maximum Gasteiger partial charge on any atom is 0.253 e. The Morgan fingerprint density at radius 2 is 2.00 bits per heavy atom. The highest BCUT2D eigenvalue weighted by Crippen LogP contribution is 2.30. The third kappa shape index (κ3) is 4.56. The van der Waals surface area contributed by atoms with Gasteiger partial charge in [-0.05, 0) is 45.4 Å². The van der Waals surface area contributed by atoms with Gasteiger partial charge in [0.05, 0.1) is 18.4 Å². The number of rotatable bonds is 9. The highest BCUT2D eigenvalue weighted by Gasteiger charge is 2.17. The normalized spacial score (nSPS) is 10.7. The molecule has 0 bridgehead atoms. The van der Waals surface area contributed by atoms with Gasteiger partial charge in [-0.15, -0.1) is 0 Å². The van der Waals surface area contributed by atoms with Crippen LogP contribution in [0.15, 0.2) is 22.7 Å². The summed E-state index contributed by atoms with van der Waals surface area (Å²) in [7, 11) is 1.57. The number of carbonyl (C=O) groups is 1. The fourth-order valence-corrected chi connectivity index (χ4v) is 2.71. The van der Waals surface area contributed by atoms with Crippen molar-refractivity contribution in [3.63, 3.8) is 0 Å². The molecule has 2 rings (SSSR count). The fourth-order valence-electron chi connectivity index (χ4n) is 2.71. The molecule has 0 aliphatic heterocycles. The molecule has 6 nitrogen and oxygen atoms in total. The Morgan fingerprint density at radius 3 is 2.58 bits per heavy atom. The molecule has 0 unspecified atom stereocenters. The van der Waals surface area contributed by atoms with E-state index in [9.17, 15) is 4.79 Å².